The molecule has 0 saturated heterocycles. The average molecular weight is 386 g/mol. The van der Waals surface area contributed by atoms with E-state index in [0.29, 0.717) is 10.2 Å². The number of carbonyl (C=O) groups excluding carboxylic acids is 1. The lowest BCUT2D eigenvalue weighted by Crippen LogP contribution is -2.14. The Balaban J connectivity index is 1.46. The number of hydrogen-bond acceptors (Lipinski definition) is 5. The summed E-state index contributed by atoms with van der Waals surface area (Å²) in [5, 5.41) is 6.88. The standard InChI is InChI=1S/C18H12ClN3OS2/c19-12-5-3-4-11(8-12)17-20-13(10-24-17)9-16(23)22-18-21-14-6-1-2-7-15(14)25-18/h1-8,10H,9H2,(H,21,22,23). The molecule has 1 amide bonds. The summed E-state index contributed by atoms with van der Waals surface area (Å²) in [4.78, 5) is 21.2. The summed E-state index contributed by atoms with van der Waals surface area (Å²) in [5.41, 5.74) is 2.58. The highest BCUT2D eigenvalue weighted by atomic mass is 35.5. The van der Waals surface area contributed by atoms with Crippen LogP contribution in [0.25, 0.3) is 20.8 Å². The van der Waals surface area contributed by atoms with Crippen LogP contribution in [0.2, 0.25) is 5.02 Å². The number of rotatable bonds is 4. The number of fused-ring (bicyclic) bond motifs is 1. The van der Waals surface area contributed by atoms with Gasteiger partial charge in [-0.25, -0.2) is 9.97 Å². The van der Waals surface area contributed by atoms with Crippen molar-refractivity contribution < 1.29 is 4.79 Å². The molecule has 7 heteroatoms. The van der Waals surface area contributed by atoms with Crippen LogP contribution in [0, 0.1) is 0 Å². The molecular formula is C18H12ClN3OS2. The van der Waals surface area contributed by atoms with Gasteiger partial charge in [0.05, 0.1) is 22.3 Å². The number of thiazole rings is 2. The fourth-order valence-corrected chi connectivity index (χ4v) is 4.28. The second-order valence-corrected chi connectivity index (χ2v) is 7.69. The Kier molecular flexibility index (Phi) is 4.48. The predicted octanol–water partition coefficient (Wildman–Crippen LogP) is 5.25. The average Bonchev–Trinajstić information content (AvgIpc) is 3.21. The third-order valence-electron chi connectivity index (χ3n) is 3.51. The zero-order chi connectivity index (χ0) is 17.2. The Morgan fingerprint density at radius 2 is 2.00 bits per heavy atom. The van der Waals surface area contributed by atoms with E-state index in [1.165, 1.54) is 22.7 Å². The normalized spacial score (nSPS) is 10.9. The molecule has 25 heavy (non-hydrogen) atoms. The Labute approximate surface area is 157 Å². The Bertz CT molecular complexity index is 1020. The van der Waals surface area contributed by atoms with Crippen molar-refractivity contribution in [3.8, 4) is 10.6 Å². The molecule has 124 valence electrons. The van der Waals surface area contributed by atoms with Gasteiger partial charge in [0, 0.05) is 16.0 Å². The smallest absolute Gasteiger partial charge is 0.232 e. The molecule has 0 unspecified atom stereocenters. The maximum Gasteiger partial charge on any atom is 0.232 e. The molecule has 4 rings (SSSR count). The highest BCUT2D eigenvalue weighted by Crippen LogP contribution is 2.27. The largest absolute Gasteiger partial charge is 0.302 e. The summed E-state index contributed by atoms with van der Waals surface area (Å²) >= 11 is 8.98. The summed E-state index contributed by atoms with van der Waals surface area (Å²) in [6.45, 7) is 0. The van der Waals surface area contributed by atoms with Crippen LogP contribution >= 0.6 is 34.3 Å². The Morgan fingerprint density at radius 3 is 2.84 bits per heavy atom. The van der Waals surface area contributed by atoms with Crippen molar-refractivity contribution in [3.05, 3.63) is 64.6 Å². The molecule has 0 atom stereocenters. The second kappa shape index (κ2) is 6.92. The van der Waals surface area contributed by atoms with Crippen molar-refractivity contribution in [2.75, 3.05) is 5.32 Å². The topological polar surface area (TPSA) is 54.9 Å². The lowest BCUT2D eigenvalue weighted by atomic mass is 10.2. The molecule has 0 spiro atoms. The molecule has 2 heterocycles. The Hall–Kier alpha value is -2.28. The van der Waals surface area contributed by atoms with Crippen molar-refractivity contribution >= 4 is 55.5 Å². The van der Waals surface area contributed by atoms with Crippen molar-refractivity contribution in [1.82, 2.24) is 9.97 Å². The van der Waals surface area contributed by atoms with Crippen LogP contribution in [0.3, 0.4) is 0 Å². The van der Waals surface area contributed by atoms with E-state index in [2.05, 4.69) is 15.3 Å². The number of halogens is 1. The number of anilines is 1. The number of para-hydroxylation sites is 1. The highest BCUT2D eigenvalue weighted by molar-refractivity contribution is 7.22. The first-order valence-electron chi connectivity index (χ1n) is 7.53. The van der Waals surface area contributed by atoms with Gasteiger partial charge in [0.25, 0.3) is 0 Å². The van der Waals surface area contributed by atoms with E-state index in [9.17, 15) is 4.79 Å². The molecule has 4 aromatic rings. The number of amides is 1. The molecular weight excluding hydrogens is 374 g/mol. The fourth-order valence-electron chi connectivity index (χ4n) is 2.40. The lowest BCUT2D eigenvalue weighted by Gasteiger charge is -1.99. The van der Waals surface area contributed by atoms with Gasteiger partial charge < -0.3 is 5.32 Å². The molecule has 1 N–H and O–H groups in total. The summed E-state index contributed by atoms with van der Waals surface area (Å²) in [5.74, 6) is -0.123. The zero-order valence-corrected chi connectivity index (χ0v) is 15.3. The second-order valence-electron chi connectivity index (χ2n) is 5.37. The number of nitrogens with zero attached hydrogens (tertiary/aromatic N) is 2. The lowest BCUT2D eigenvalue weighted by molar-refractivity contribution is -0.115. The molecule has 0 aliphatic rings. The molecule has 0 radical (unpaired) electrons. The summed E-state index contributed by atoms with van der Waals surface area (Å²) < 4.78 is 1.05. The SMILES string of the molecule is O=C(Cc1csc(-c2cccc(Cl)c2)n1)Nc1nc2ccccc2s1. The van der Waals surface area contributed by atoms with Crippen LogP contribution in [0.15, 0.2) is 53.9 Å². The van der Waals surface area contributed by atoms with Gasteiger partial charge in [-0.1, -0.05) is 47.2 Å². The van der Waals surface area contributed by atoms with E-state index in [0.717, 1.165) is 26.5 Å². The van der Waals surface area contributed by atoms with Crippen LogP contribution in [-0.4, -0.2) is 15.9 Å². The van der Waals surface area contributed by atoms with E-state index >= 15 is 0 Å². The first-order valence-corrected chi connectivity index (χ1v) is 9.60. The van der Waals surface area contributed by atoms with E-state index in [-0.39, 0.29) is 12.3 Å². The van der Waals surface area contributed by atoms with Gasteiger partial charge in [0.2, 0.25) is 5.91 Å². The summed E-state index contributed by atoms with van der Waals surface area (Å²) in [6, 6.07) is 15.3. The van der Waals surface area contributed by atoms with Gasteiger partial charge in [-0.15, -0.1) is 11.3 Å². The number of nitrogens with one attached hydrogen (secondary N) is 1. The number of carbonyl (C=O) groups is 1. The predicted molar refractivity (Wildman–Crippen MR) is 105 cm³/mol. The molecule has 0 fully saturated rings. The Morgan fingerprint density at radius 1 is 1.12 bits per heavy atom. The zero-order valence-electron chi connectivity index (χ0n) is 12.9. The van der Waals surface area contributed by atoms with Gasteiger partial charge >= 0.3 is 0 Å². The van der Waals surface area contributed by atoms with Crippen molar-refractivity contribution in [2.45, 2.75) is 6.42 Å². The van der Waals surface area contributed by atoms with Gasteiger partial charge in [0.15, 0.2) is 5.13 Å². The number of hydrogen-bond donors (Lipinski definition) is 1. The van der Waals surface area contributed by atoms with Crippen LogP contribution in [0.5, 0.6) is 0 Å². The van der Waals surface area contributed by atoms with E-state index in [1.54, 1.807) is 0 Å². The van der Waals surface area contributed by atoms with Gasteiger partial charge in [0.1, 0.15) is 5.01 Å². The summed E-state index contributed by atoms with van der Waals surface area (Å²) in [6.07, 6.45) is 0.215. The van der Waals surface area contributed by atoms with Crippen LogP contribution < -0.4 is 5.32 Å². The van der Waals surface area contributed by atoms with Crippen LogP contribution in [0.4, 0.5) is 5.13 Å². The minimum Gasteiger partial charge on any atom is -0.302 e. The van der Waals surface area contributed by atoms with E-state index < -0.39 is 0 Å². The third-order valence-corrected chi connectivity index (χ3v) is 5.63. The van der Waals surface area contributed by atoms with Gasteiger partial charge in [-0.3, -0.25) is 4.79 Å². The number of benzene rings is 2. The van der Waals surface area contributed by atoms with Crippen molar-refractivity contribution in [1.29, 1.82) is 0 Å². The molecule has 2 aromatic heterocycles. The highest BCUT2D eigenvalue weighted by Gasteiger charge is 2.11. The minimum atomic E-state index is -0.123. The molecule has 0 aliphatic carbocycles. The molecule has 0 aliphatic heterocycles. The van der Waals surface area contributed by atoms with E-state index in [4.69, 9.17) is 11.6 Å². The van der Waals surface area contributed by atoms with Crippen molar-refractivity contribution in [2.24, 2.45) is 0 Å². The van der Waals surface area contributed by atoms with Crippen LogP contribution in [-0.2, 0) is 11.2 Å². The monoisotopic (exact) mass is 385 g/mol. The van der Waals surface area contributed by atoms with Crippen LogP contribution in [0.1, 0.15) is 5.69 Å². The third kappa shape index (κ3) is 3.71. The fraction of sp³-hybridized carbons (Fsp3) is 0.0556. The minimum absolute atomic E-state index is 0.123. The molecule has 0 saturated carbocycles. The summed E-state index contributed by atoms with van der Waals surface area (Å²) in [7, 11) is 0. The first kappa shape index (κ1) is 16.2. The van der Waals surface area contributed by atoms with E-state index in [1.807, 2.05) is 53.9 Å². The molecule has 0 bridgehead atoms. The molecule has 2 aromatic carbocycles. The van der Waals surface area contributed by atoms with Gasteiger partial charge in [-0.05, 0) is 24.3 Å². The molecule has 4 nitrogen and oxygen atoms in total. The van der Waals surface area contributed by atoms with Gasteiger partial charge in [-0.2, -0.15) is 0 Å². The maximum absolute atomic E-state index is 12.3. The van der Waals surface area contributed by atoms with Crippen molar-refractivity contribution in [3.63, 3.8) is 0 Å². The quantitative estimate of drug-likeness (QED) is 0.521. The number of aromatic nitrogens is 2. The first-order chi connectivity index (χ1) is 12.2. The maximum atomic E-state index is 12.3.